The molecule has 4 rings (SSSR count). The first-order chi connectivity index (χ1) is 13.3. The van der Waals surface area contributed by atoms with Crippen molar-refractivity contribution < 1.29 is 19.0 Å². The molecule has 0 fully saturated rings. The zero-order valence-electron chi connectivity index (χ0n) is 15.2. The first kappa shape index (κ1) is 17.2. The lowest BCUT2D eigenvalue weighted by Gasteiger charge is -2.19. The second kappa shape index (κ2) is 7.58. The largest absolute Gasteiger partial charge is 0.496 e. The van der Waals surface area contributed by atoms with Crippen LogP contribution in [0.1, 0.15) is 15.9 Å². The van der Waals surface area contributed by atoms with E-state index in [4.69, 9.17) is 14.2 Å². The number of amides is 1. The van der Waals surface area contributed by atoms with Crippen molar-refractivity contribution in [3.05, 3.63) is 65.7 Å². The van der Waals surface area contributed by atoms with Crippen LogP contribution >= 0.6 is 0 Å². The van der Waals surface area contributed by atoms with Crippen molar-refractivity contribution in [3.8, 4) is 17.2 Å². The van der Waals surface area contributed by atoms with Gasteiger partial charge in [0.25, 0.3) is 5.91 Å². The normalized spacial score (nSPS) is 12.6. The van der Waals surface area contributed by atoms with Gasteiger partial charge in [-0.15, -0.1) is 0 Å². The fourth-order valence-electron chi connectivity index (χ4n) is 3.31. The number of carbonyl (C=O) groups is 1. The van der Waals surface area contributed by atoms with Crippen LogP contribution in [-0.2, 0) is 6.42 Å². The van der Waals surface area contributed by atoms with Crippen LogP contribution in [0.3, 0.4) is 0 Å². The molecule has 0 atom stereocenters. The van der Waals surface area contributed by atoms with Gasteiger partial charge >= 0.3 is 0 Å². The van der Waals surface area contributed by atoms with Crippen LogP contribution in [0.15, 0.2) is 54.6 Å². The lowest BCUT2D eigenvalue weighted by atomic mass is 10.0. The lowest BCUT2D eigenvalue weighted by Crippen LogP contribution is -2.26. The van der Waals surface area contributed by atoms with Gasteiger partial charge in [0.05, 0.1) is 7.11 Å². The standard InChI is InChI=1S/C22H21NO4/c1-25-19-9-7-18(16-4-2-3-5-17(16)19)22(24)23-11-10-15-6-8-20-21(14-15)27-13-12-26-20/h2-9,14H,10-13H2,1H3,(H,23,24). The minimum Gasteiger partial charge on any atom is -0.496 e. The van der Waals surface area contributed by atoms with Crippen molar-refractivity contribution in [1.82, 2.24) is 5.32 Å². The van der Waals surface area contributed by atoms with Gasteiger partial charge in [0, 0.05) is 17.5 Å². The summed E-state index contributed by atoms with van der Waals surface area (Å²) in [7, 11) is 1.63. The number of rotatable bonds is 5. The summed E-state index contributed by atoms with van der Waals surface area (Å²) >= 11 is 0. The molecule has 3 aromatic carbocycles. The molecule has 1 N–H and O–H groups in total. The number of fused-ring (bicyclic) bond motifs is 2. The van der Waals surface area contributed by atoms with E-state index in [9.17, 15) is 4.79 Å². The Hall–Kier alpha value is -3.21. The van der Waals surface area contributed by atoms with Gasteiger partial charge in [0.1, 0.15) is 19.0 Å². The number of carbonyl (C=O) groups excluding carboxylic acids is 1. The number of methoxy groups -OCH3 is 1. The molecular weight excluding hydrogens is 342 g/mol. The Morgan fingerprint density at radius 1 is 1.00 bits per heavy atom. The van der Waals surface area contributed by atoms with E-state index in [2.05, 4.69) is 5.32 Å². The highest BCUT2D eigenvalue weighted by molar-refractivity contribution is 6.08. The molecule has 1 heterocycles. The molecular formula is C22H21NO4. The Morgan fingerprint density at radius 3 is 2.59 bits per heavy atom. The number of ether oxygens (including phenoxy) is 3. The molecule has 0 bridgehead atoms. The summed E-state index contributed by atoms with van der Waals surface area (Å²) in [6.45, 7) is 1.69. The summed E-state index contributed by atoms with van der Waals surface area (Å²) < 4.78 is 16.5. The van der Waals surface area contributed by atoms with Crippen LogP contribution in [0.25, 0.3) is 10.8 Å². The molecule has 0 unspecified atom stereocenters. The minimum atomic E-state index is -0.0913. The monoisotopic (exact) mass is 363 g/mol. The van der Waals surface area contributed by atoms with Gasteiger partial charge in [-0.2, -0.15) is 0 Å². The van der Waals surface area contributed by atoms with Gasteiger partial charge in [-0.3, -0.25) is 4.79 Å². The molecule has 0 aliphatic carbocycles. The average molecular weight is 363 g/mol. The lowest BCUT2D eigenvalue weighted by molar-refractivity contribution is 0.0956. The molecule has 27 heavy (non-hydrogen) atoms. The van der Waals surface area contributed by atoms with Crippen LogP contribution in [0, 0.1) is 0 Å². The minimum absolute atomic E-state index is 0.0913. The van der Waals surface area contributed by atoms with Gasteiger partial charge in [-0.1, -0.05) is 30.3 Å². The Labute approximate surface area is 157 Å². The van der Waals surface area contributed by atoms with Gasteiger partial charge in [-0.25, -0.2) is 0 Å². The van der Waals surface area contributed by atoms with E-state index in [1.54, 1.807) is 13.2 Å². The maximum atomic E-state index is 12.7. The van der Waals surface area contributed by atoms with Crippen LogP contribution in [0.4, 0.5) is 0 Å². The van der Waals surface area contributed by atoms with Crippen LogP contribution < -0.4 is 19.5 Å². The third kappa shape index (κ3) is 3.53. The third-order valence-corrected chi connectivity index (χ3v) is 4.65. The second-order valence-corrected chi connectivity index (χ2v) is 6.34. The van der Waals surface area contributed by atoms with Crippen LogP contribution in [0.2, 0.25) is 0 Å². The maximum absolute atomic E-state index is 12.7. The summed E-state index contributed by atoms with van der Waals surface area (Å²) in [5.41, 5.74) is 1.74. The molecule has 1 amide bonds. The quantitative estimate of drug-likeness (QED) is 0.753. The van der Waals surface area contributed by atoms with Crippen molar-refractivity contribution in [3.63, 3.8) is 0 Å². The van der Waals surface area contributed by atoms with Crippen LogP contribution in [0.5, 0.6) is 17.2 Å². The predicted octanol–water partition coefficient (Wildman–Crippen LogP) is 3.59. The molecule has 3 aromatic rings. The zero-order chi connectivity index (χ0) is 18.6. The maximum Gasteiger partial charge on any atom is 0.251 e. The van der Waals surface area contributed by atoms with Gasteiger partial charge in [0.2, 0.25) is 0 Å². The van der Waals surface area contributed by atoms with E-state index < -0.39 is 0 Å². The summed E-state index contributed by atoms with van der Waals surface area (Å²) in [6.07, 6.45) is 0.719. The Bertz CT molecular complexity index is 983. The topological polar surface area (TPSA) is 56.8 Å². The van der Waals surface area contributed by atoms with E-state index in [0.29, 0.717) is 25.3 Å². The predicted molar refractivity (Wildman–Crippen MR) is 104 cm³/mol. The first-order valence-electron chi connectivity index (χ1n) is 8.99. The highest BCUT2D eigenvalue weighted by Gasteiger charge is 2.14. The van der Waals surface area contributed by atoms with E-state index in [1.807, 2.05) is 48.5 Å². The van der Waals surface area contributed by atoms with Crippen molar-refractivity contribution in [1.29, 1.82) is 0 Å². The van der Waals surface area contributed by atoms with Gasteiger partial charge in [-0.05, 0) is 41.6 Å². The van der Waals surface area contributed by atoms with Gasteiger partial charge < -0.3 is 19.5 Å². The third-order valence-electron chi connectivity index (χ3n) is 4.65. The van der Waals surface area contributed by atoms with E-state index >= 15 is 0 Å². The summed E-state index contributed by atoms with van der Waals surface area (Å²) in [4.78, 5) is 12.7. The first-order valence-corrected chi connectivity index (χ1v) is 8.99. The Morgan fingerprint density at radius 2 is 1.78 bits per heavy atom. The Balaban J connectivity index is 1.45. The van der Waals surface area contributed by atoms with E-state index in [1.165, 1.54) is 0 Å². The van der Waals surface area contributed by atoms with Crippen molar-refractivity contribution in [2.24, 2.45) is 0 Å². The molecule has 5 heteroatoms. The molecule has 1 aliphatic rings. The van der Waals surface area contributed by atoms with E-state index in [-0.39, 0.29) is 5.91 Å². The smallest absolute Gasteiger partial charge is 0.251 e. The van der Waals surface area contributed by atoms with E-state index in [0.717, 1.165) is 40.0 Å². The van der Waals surface area contributed by atoms with Crippen LogP contribution in [-0.4, -0.2) is 32.8 Å². The van der Waals surface area contributed by atoms with Crippen molar-refractivity contribution >= 4 is 16.7 Å². The summed E-state index contributed by atoms with van der Waals surface area (Å²) in [6, 6.07) is 17.3. The van der Waals surface area contributed by atoms with Gasteiger partial charge in [0.15, 0.2) is 11.5 Å². The fourth-order valence-corrected chi connectivity index (χ4v) is 3.31. The molecule has 0 aromatic heterocycles. The number of hydrogen-bond acceptors (Lipinski definition) is 4. The highest BCUT2D eigenvalue weighted by Crippen LogP contribution is 2.31. The summed E-state index contributed by atoms with van der Waals surface area (Å²) in [5, 5.41) is 4.82. The molecule has 0 spiro atoms. The fraction of sp³-hybridized carbons (Fsp3) is 0.227. The molecule has 0 saturated carbocycles. The molecule has 1 aliphatic heterocycles. The van der Waals surface area contributed by atoms with Crippen molar-refractivity contribution in [2.75, 3.05) is 26.9 Å². The second-order valence-electron chi connectivity index (χ2n) is 6.34. The molecule has 5 nitrogen and oxygen atoms in total. The number of nitrogens with one attached hydrogen (secondary N) is 1. The molecule has 0 radical (unpaired) electrons. The average Bonchev–Trinajstić information content (AvgIpc) is 2.72. The number of benzene rings is 3. The van der Waals surface area contributed by atoms with Crippen molar-refractivity contribution in [2.45, 2.75) is 6.42 Å². The highest BCUT2D eigenvalue weighted by atomic mass is 16.6. The zero-order valence-corrected chi connectivity index (χ0v) is 15.2. The number of hydrogen-bond donors (Lipinski definition) is 1. The Kier molecular flexibility index (Phi) is 4.83. The SMILES string of the molecule is COc1ccc(C(=O)NCCc2ccc3c(c2)OCCO3)c2ccccc12. The summed E-state index contributed by atoms with van der Waals surface area (Å²) in [5.74, 6) is 2.22. The molecule has 138 valence electrons. The molecule has 0 saturated heterocycles.